The molecule has 14 heteroatoms. The van der Waals surface area contributed by atoms with E-state index in [0.717, 1.165) is 11.5 Å². The van der Waals surface area contributed by atoms with Gasteiger partial charge in [-0.2, -0.15) is 0 Å². The first-order chi connectivity index (χ1) is 22.6. The Labute approximate surface area is 279 Å². The van der Waals surface area contributed by atoms with Crippen molar-refractivity contribution in [2.24, 2.45) is 17.8 Å². The number of benzene rings is 2. The maximum Gasteiger partial charge on any atom is 0.306 e. The average molecular weight is 687 g/mol. The van der Waals surface area contributed by atoms with Crippen molar-refractivity contribution in [2.75, 3.05) is 5.75 Å². The van der Waals surface area contributed by atoms with Crippen molar-refractivity contribution < 1.29 is 52.1 Å². The van der Waals surface area contributed by atoms with E-state index in [1.807, 2.05) is 0 Å². The van der Waals surface area contributed by atoms with E-state index in [9.17, 15) is 47.4 Å². The third kappa shape index (κ3) is 13.9. The lowest BCUT2D eigenvalue weighted by Gasteiger charge is -2.26. The number of amides is 2. The van der Waals surface area contributed by atoms with Crippen LogP contribution in [0.2, 0.25) is 0 Å². The number of aliphatic carboxylic acids is 2. The maximum atomic E-state index is 13.8. The second-order valence-electron chi connectivity index (χ2n) is 11.5. The van der Waals surface area contributed by atoms with Crippen LogP contribution in [0.15, 0.2) is 72.1 Å². The van der Waals surface area contributed by atoms with E-state index in [1.165, 1.54) is 6.92 Å². The number of ketones is 1. The van der Waals surface area contributed by atoms with Gasteiger partial charge in [-0.05, 0) is 17.0 Å². The zero-order valence-corrected chi connectivity index (χ0v) is 27.9. The first-order valence-corrected chi connectivity index (χ1v) is 17.1. The van der Waals surface area contributed by atoms with Crippen molar-refractivity contribution in [2.45, 2.75) is 65.1 Å². The Morgan fingerprint density at radius 1 is 0.792 bits per heavy atom. The number of sulfone groups is 1. The molecule has 4 N–H and O–H groups in total. The number of hydrogen-bond donors (Lipinski definition) is 4. The van der Waals surface area contributed by atoms with E-state index in [4.69, 9.17) is 4.74 Å². The molecule has 0 unspecified atom stereocenters. The van der Waals surface area contributed by atoms with Crippen LogP contribution in [0.1, 0.15) is 63.6 Å². The van der Waals surface area contributed by atoms with Gasteiger partial charge >= 0.3 is 17.9 Å². The Hall–Kier alpha value is -4.85. The van der Waals surface area contributed by atoms with Gasteiger partial charge in [0.15, 0.2) is 15.6 Å². The van der Waals surface area contributed by atoms with Crippen LogP contribution >= 0.6 is 0 Å². The molecule has 0 aliphatic carbocycles. The number of ether oxygens (including phenoxy) is 1. The number of carbonyl (C=O) groups is 6. The summed E-state index contributed by atoms with van der Waals surface area (Å²) in [7, 11) is -3.62. The summed E-state index contributed by atoms with van der Waals surface area (Å²) >= 11 is 0. The summed E-state index contributed by atoms with van der Waals surface area (Å²) in [5, 5.41) is 24.7. The third-order valence-corrected chi connectivity index (χ3v) is 8.77. The Morgan fingerprint density at radius 2 is 1.38 bits per heavy atom. The monoisotopic (exact) mass is 686 g/mol. The maximum absolute atomic E-state index is 13.8. The largest absolute Gasteiger partial charge is 0.481 e. The van der Waals surface area contributed by atoms with Crippen molar-refractivity contribution in [3.63, 3.8) is 0 Å². The van der Waals surface area contributed by atoms with Crippen LogP contribution < -0.4 is 10.6 Å². The smallest absolute Gasteiger partial charge is 0.306 e. The molecule has 0 aromatic heterocycles. The number of hydrogen-bond acceptors (Lipinski definition) is 9. The molecule has 2 aromatic rings. The SMILES string of the molecule is CCS(=O)(=O)/C=C/[C@H](CC(=O)O)NC(=O)[C@@H](CC(=O)[C@@H](NC(=O)[C@H](CC(=O)O)CC(=O)OCc1ccccc1)c1ccccc1)C(C)C. The molecule has 13 nitrogen and oxygen atoms in total. The Morgan fingerprint density at radius 3 is 1.92 bits per heavy atom. The minimum absolute atomic E-state index is 0.0810. The van der Waals surface area contributed by atoms with Gasteiger partial charge in [0.2, 0.25) is 11.8 Å². The fraction of sp³-hybridized carbons (Fsp3) is 0.412. The number of nitrogens with one attached hydrogen (secondary N) is 2. The Bertz CT molecular complexity index is 1560. The van der Waals surface area contributed by atoms with Crippen LogP contribution in [-0.4, -0.2) is 65.9 Å². The highest BCUT2D eigenvalue weighted by molar-refractivity contribution is 7.94. The highest BCUT2D eigenvalue weighted by atomic mass is 32.2. The standard InChI is InChI=1S/C34H42N2O11S/c1-4-48(45,46)16-15-26(19-30(40)41)35-34(44)27(22(2)3)20-28(37)32(24-13-9-6-10-14-24)36-33(43)25(17-29(38)39)18-31(42)47-21-23-11-7-5-8-12-23/h5-16,22,25-27,32H,4,17-21H2,1-3H3,(H,35,44)(H,36,43)(H,38,39)(H,40,41)/b16-15+/t25-,26-,27+,32+/m1/s1. The molecule has 0 fully saturated rings. The van der Waals surface area contributed by atoms with E-state index in [1.54, 1.807) is 74.5 Å². The fourth-order valence-electron chi connectivity index (χ4n) is 4.64. The molecule has 4 atom stereocenters. The summed E-state index contributed by atoms with van der Waals surface area (Å²) in [6.45, 7) is 4.67. The summed E-state index contributed by atoms with van der Waals surface area (Å²) in [6.07, 6.45) is -1.23. The molecular weight excluding hydrogens is 644 g/mol. The molecule has 0 radical (unpaired) electrons. The lowest BCUT2D eigenvalue weighted by molar-refractivity contribution is -0.150. The molecule has 2 amide bonds. The van der Waals surface area contributed by atoms with Gasteiger partial charge in [0.05, 0.1) is 37.0 Å². The van der Waals surface area contributed by atoms with Crippen molar-refractivity contribution in [3.8, 4) is 0 Å². The zero-order chi connectivity index (χ0) is 35.9. The predicted molar refractivity (Wildman–Crippen MR) is 175 cm³/mol. The van der Waals surface area contributed by atoms with Crippen molar-refractivity contribution in [3.05, 3.63) is 83.3 Å². The second kappa shape index (κ2) is 19.1. The third-order valence-electron chi connectivity index (χ3n) is 7.39. The summed E-state index contributed by atoms with van der Waals surface area (Å²) in [5.74, 6) is -8.71. The van der Waals surface area contributed by atoms with Gasteiger partial charge in [-0.25, -0.2) is 8.42 Å². The molecule has 0 saturated heterocycles. The van der Waals surface area contributed by atoms with E-state index in [-0.39, 0.29) is 12.4 Å². The van der Waals surface area contributed by atoms with Crippen LogP contribution in [0.5, 0.6) is 0 Å². The van der Waals surface area contributed by atoms with Gasteiger partial charge in [-0.15, -0.1) is 0 Å². The van der Waals surface area contributed by atoms with Gasteiger partial charge in [0, 0.05) is 17.7 Å². The Kier molecular flexibility index (Phi) is 15.6. The van der Waals surface area contributed by atoms with Crippen LogP contribution in [-0.2, 0) is 49.9 Å². The normalized spacial score (nSPS) is 14.0. The molecule has 0 heterocycles. The Balaban J connectivity index is 2.28. The van der Waals surface area contributed by atoms with Gasteiger partial charge in [0.25, 0.3) is 0 Å². The molecular formula is C34H42N2O11S. The quantitative estimate of drug-likeness (QED) is 0.149. The number of carboxylic acid groups (broad SMARTS) is 2. The van der Waals surface area contributed by atoms with Crippen LogP contribution in [0.3, 0.4) is 0 Å². The number of Topliss-reactive ketones (excluding diaryl/α,β-unsaturated/α-hetero) is 1. The lowest BCUT2D eigenvalue weighted by atomic mass is 9.86. The number of esters is 1. The van der Waals surface area contributed by atoms with Gasteiger partial charge in [-0.1, -0.05) is 87.5 Å². The summed E-state index contributed by atoms with van der Waals surface area (Å²) in [5.41, 5.74) is 1.04. The molecule has 0 aliphatic heterocycles. The number of rotatable bonds is 20. The molecule has 2 rings (SSSR count). The molecule has 0 spiro atoms. The van der Waals surface area contributed by atoms with Crippen LogP contribution in [0, 0.1) is 17.8 Å². The first-order valence-electron chi connectivity index (χ1n) is 15.3. The van der Waals surface area contributed by atoms with E-state index >= 15 is 0 Å². The van der Waals surface area contributed by atoms with E-state index in [0.29, 0.717) is 11.1 Å². The van der Waals surface area contributed by atoms with Crippen LogP contribution in [0.25, 0.3) is 0 Å². The molecule has 0 saturated carbocycles. The minimum Gasteiger partial charge on any atom is -0.481 e. The van der Waals surface area contributed by atoms with Crippen LogP contribution in [0.4, 0.5) is 0 Å². The summed E-state index contributed by atoms with van der Waals surface area (Å²) in [4.78, 5) is 76.2. The van der Waals surface area contributed by atoms with E-state index in [2.05, 4.69) is 10.6 Å². The summed E-state index contributed by atoms with van der Waals surface area (Å²) in [6, 6.07) is 14.3. The molecule has 2 aromatic carbocycles. The van der Waals surface area contributed by atoms with Gasteiger partial charge in [0.1, 0.15) is 12.6 Å². The topological polar surface area (TPSA) is 210 Å². The number of carbonyl (C=O) groups excluding carboxylic acids is 4. The number of carboxylic acids is 2. The van der Waals surface area contributed by atoms with Gasteiger partial charge in [-0.3, -0.25) is 28.8 Å². The molecule has 48 heavy (non-hydrogen) atoms. The van der Waals surface area contributed by atoms with Crippen molar-refractivity contribution in [1.82, 2.24) is 10.6 Å². The highest BCUT2D eigenvalue weighted by Crippen LogP contribution is 2.24. The van der Waals surface area contributed by atoms with Crippen molar-refractivity contribution >= 4 is 45.3 Å². The molecule has 260 valence electrons. The van der Waals surface area contributed by atoms with Crippen molar-refractivity contribution in [1.29, 1.82) is 0 Å². The van der Waals surface area contributed by atoms with E-state index < -0.39 is 101 Å². The second-order valence-corrected chi connectivity index (χ2v) is 13.7. The predicted octanol–water partition coefficient (Wildman–Crippen LogP) is 3.21. The molecule has 0 aliphatic rings. The highest BCUT2D eigenvalue weighted by Gasteiger charge is 2.34. The summed E-state index contributed by atoms with van der Waals surface area (Å²) < 4.78 is 29.1. The fourth-order valence-corrected chi connectivity index (χ4v) is 5.26. The average Bonchev–Trinajstić information content (AvgIpc) is 3.03. The lowest BCUT2D eigenvalue weighted by Crippen LogP contribution is -2.43. The minimum atomic E-state index is -3.62. The van der Waals surface area contributed by atoms with Gasteiger partial charge < -0.3 is 25.6 Å². The first kappa shape index (κ1) is 39.3. The molecule has 0 bridgehead atoms. The zero-order valence-electron chi connectivity index (χ0n) is 27.0.